The lowest BCUT2D eigenvalue weighted by molar-refractivity contribution is 0.0933. The number of carbonyl (C=O) groups excluding carboxylic acids is 2. The predicted octanol–water partition coefficient (Wildman–Crippen LogP) is 3.65. The number of hydrogen-bond donors (Lipinski definition) is 1. The fourth-order valence-electron chi connectivity index (χ4n) is 4.80. The number of piperazine rings is 1. The van der Waals surface area contributed by atoms with Crippen molar-refractivity contribution in [2.45, 2.75) is 24.7 Å². The minimum absolute atomic E-state index is 0.115. The molecule has 3 aromatic carbocycles. The summed E-state index contributed by atoms with van der Waals surface area (Å²) in [4.78, 5) is 26.4. The second-order valence-electron chi connectivity index (χ2n) is 8.68. The summed E-state index contributed by atoms with van der Waals surface area (Å²) in [7, 11) is -3.73. The first kappa shape index (κ1) is 23.3. The molecule has 5 rings (SSSR count). The number of sulfonamides is 1. The van der Waals surface area contributed by atoms with Gasteiger partial charge in [0, 0.05) is 42.8 Å². The van der Waals surface area contributed by atoms with Crippen LogP contribution in [-0.2, 0) is 27.6 Å². The third-order valence-electron chi connectivity index (χ3n) is 6.64. The fraction of sp³-hybridized carbons (Fsp3) is 0.308. The maximum absolute atomic E-state index is 13.1. The third-order valence-corrected chi connectivity index (χ3v) is 8.56. The summed E-state index contributed by atoms with van der Waals surface area (Å²) in [5.41, 5.74) is 3.71. The normalized spacial score (nSPS) is 15.9. The number of benzene rings is 3. The molecule has 9 heteroatoms. The molecular weight excluding hydrogens is 466 g/mol. The fourth-order valence-corrected chi connectivity index (χ4v) is 6.23. The number of anilines is 1. The van der Waals surface area contributed by atoms with Gasteiger partial charge in [0.1, 0.15) is 0 Å². The van der Waals surface area contributed by atoms with E-state index in [4.69, 9.17) is 4.74 Å². The van der Waals surface area contributed by atoms with Crippen LogP contribution in [0.3, 0.4) is 0 Å². The number of aryl methyl sites for hydroxylation is 2. The zero-order valence-corrected chi connectivity index (χ0v) is 20.3. The van der Waals surface area contributed by atoms with Crippen LogP contribution in [0.4, 0.5) is 10.5 Å². The molecule has 1 N–H and O–H groups in total. The zero-order valence-electron chi connectivity index (χ0n) is 19.5. The molecule has 0 saturated carbocycles. The van der Waals surface area contributed by atoms with Gasteiger partial charge in [-0.05, 0) is 66.6 Å². The van der Waals surface area contributed by atoms with E-state index >= 15 is 0 Å². The Bertz CT molecular complexity index is 1380. The molecule has 0 unspecified atom stereocenters. The Morgan fingerprint density at radius 3 is 2.29 bits per heavy atom. The van der Waals surface area contributed by atoms with Crippen molar-refractivity contribution in [1.82, 2.24) is 9.21 Å². The van der Waals surface area contributed by atoms with Gasteiger partial charge < -0.3 is 15.0 Å². The Morgan fingerprint density at radius 1 is 0.914 bits per heavy atom. The molecule has 1 heterocycles. The average molecular weight is 494 g/mol. The number of amides is 2. The molecule has 0 bridgehead atoms. The second-order valence-corrected chi connectivity index (χ2v) is 10.6. The molecule has 1 fully saturated rings. The van der Waals surface area contributed by atoms with Gasteiger partial charge in [0.25, 0.3) is 5.91 Å². The summed E-state index contributed by atoms with van der Waals surface area (Å²) in [5, 5.41) is 5.22. The van der Waals surface area contributed by atoms with Gasteiger partial charge in [0.05, 0.1) is 11.5 Å². The molecule has 0 atom stereocenters. The van der Waals surface area contributed by atoms with Gasteiger partial charge >= 0.3 is 6.09 Å². The molecule has 0 radical (unpaired) electrons. The summed E-state index contributed by atoms with van der Waals surface area (Å²) >= 11 is 0. The summed E-state index contributed by atoms with van der Waals surface area (Å²) in [5.74, 6) is -0.296. The molecule has 1 aliphatic carbocycles. The van der Waals surface area contributed by atoms with Crippen LogP contribution >= 0.6 is 0 Å². The van der Waals surface area contributed by atoms with Crippen molar-refractivity contribution in [3.63, 3.8) is 0 Å². The van der Waals surface area contributed by atoms with Crippen molar-refractivity contribution < 1.29 is 22.7 Å². The zero-order chi connectivity index (χ0) is 24.6. The standard InChI is InChI=1S/C26H27N3O5S/c1-2-34-26(31)28-14-16-29(17-15-28)35(32,33)21-11-8-20(9-12-21)25(30)27-23-13-10-19-7-6-18-4-3-5-22(23)24(18)19/h3-5,8-13H,2,6-7,14-17H2,1H3,(H,27,30). The molecule has 8 nitrogen and oxygen atoms in total. The van der Waals surface area contributed by atoms with E-state index in [2.05, 4.69) is 17.4 Å². The van der Waals surface area contributed by atoms with Gasteiger partial charge in [-0.2, -0.15) is 4.31 Å². The van der Waals surface area contributed by atoms with E-state index in [9.17, 15) is 18.0 Å². The van der Waals surface area contributed by atoms with Crippen molar-refractivity contribution in [1.29, 1.82) is 0 Å². The van der Waals surface area contributed by atoms with Gasteiger partial charge in [-0.1, -0.05) is 24.3 Å². The van der Waals surface area contributed by atoms with E-state index < -0.39 is 16.1 Å². The molecule has 1 saturated heterocycles. The predicted molar refractivity (Wildman–Crippen MR) is 133 cm³/mol. The highest BCUT2D eigenvalue weighted by Crippen LogP contribution is 2.35. The average Bonchev–Trinajstić information content (AvgIpc) is 3.30. The van der Waals surface area contributed by atoms with Gasteiger partial charge in [-0.3, -0.25) is 4.79 Å². The van der Waals surface area contributed by atoms with E-state index in [-0.39, 0.29) is 43.6 Å². The number of nitrogens with zero attached hydrogens (tertiary/aromatic N) is 2. The maximum atomic E-state index is 13.1. The lowest BCUT2D eigenvalue weighted by Gasteiger charge is -2.33. The van der Waals surface area contributed by atoms with E-state index in [0.717, 1.165) is 23.9 Å². The molecular formula is C26H27N3O5S. The molecule has 1 aliphatic heterocycles. The van der Waals surface area contributed by atoms with Crippen LogP contribution < -0.4 is 5.32 Å². The van der Waals surface area contributed by atoms with Gasteiger partial charge in [-0.25, -0.2) is 13.2 Å². The second kappa shape index (κ2) is 9.31. The molecule has 35 heavy (non-hydrogen) atoms. The van der Waals surface area contributed by atoms with Gasteiger partial charge in [0.15, 0.2) is 0 Å². The third kappa shape index (κ3) is 4.37. The molecule has 182 valence electrons. The summed E-state index contributed by atoms with van der Waals surface area (Å²) in [6.45, 7) is 2.93. The van der Waals surface area contributed by atoms with Crippen molar-refractivity contribution in [2.24, 2.45) is 0 Å². The highest BCUT2D eigenvalue weighted by atomic mass is 32.2. The molecule has 2 amide bonds. The van der Waals surface area contributed by atoms with E-state index in [0.29, 0.717) is 5.56 Å². The Labute approximate surface area is 204 Å². The van der Waals surface area contributed by atoms with Crippen LogP contribution in [0.5, 0.6) is 0 Å². The van der Waals surface area contributed by atoms with Crippen LogP contribution in [0.25, 0.3) is 10.8 Å². The smallest absolute Gasteiger partial charge is 0.409 e. The van der Waals surface area contributed by atoms with E-state index in [1.165, 1.54) is 50.0 Å². The Morgan fingerprint density at radius 2 is 1.60 bits per heavy atom. The first-order valence-corrected chi connectivity index (χ1v) is 13.2. The number of carbonyl (C=O) groups is 2. The van der Waals surface area contributed by atoms with Gasteiger partial charge in [-0.15, -0.1) is 0 Å². The minimum atomic E-state index is -3.73. The number of nitrogens with one attached hydrogen (secondary N) is 1. The largest absolute Gasteiger partial charge is 0.450 e. The number of ether oxygens (including phenoxy) is 1. The van der Waals surface area contributed by atoms with Crippen molar-refractivity contribution in [3.8, 4) is 0 Å². The lowest BCUT2D eigenvalue weighted by atomic mass is 10.0. The SMILES string of the molecule is CCOC(=O)N1CCN(S(=O)(=O)c2ccc(C(=O)Nc3ccc4c5c(cccc35)CC4)cc2)CC1. The number of hydrogen-bond acceptors (Lipinski definition) is 5. The molecule has 0 aromatic heterocycles. The topological polar surface area (TPSA) is 96.0 Å². The number of rotatable bonds is 5. The monoisotopic (exact) mass is 493 g/mol. The van der Waals surface area contributed by atoms with Gasteiger partial charge in [0.2, 0.25) is 10.0 Å². The summed E-state index contributed by atoms with van der Waals surface area (Å²) in [6.07, 6.45) is 1.59. The van der Waals surface area contributed by atoms with Crippen LogP contribution in [0.2, 0.25) is 0 Å². The van der Waals surface area contributed by atoms with Crippen LogP contribution in [-0.4, -0.2) is 62.4 Å². The summed E-state index contributed by atoms with van der Waals surface area (Å²) < 4.78 is 32.5. The Hall–Kier alpha value is -3.43. The van der Waals surface area contributed by atoms with E-state index in [1.807, 2.05) is 18.2 Å². The van der Waals surface area contributed by atoms with Crippen molar-refractivity contribution >= 4 is 38.5 Å². The summed E-state index contributed by atoms with van der Waals surface area (Å²) in [6, 6.07) is 16.1. The maximum Gasteiger partial charge on any atom is 0.409 e. The van der Waals surface area contributed by atoms with Crippen molar-refractivity contribution in [3.05, 3.63) is 71.3 Å². The first-order valence-electron chi connectivity index (χ1n) is 11.7. The molecule has 3 aromatic rings. The Balaban J connectivity index is 1.28. The molecule has 0 spiro atoms. The Kier molecular flexibility index (Phi) is 6.21. The van der Waals surface area contributed by atoms with Crippen LogP contribution in [0.1, 0.15) is 28.4 Å². The van der Waals surface area contributed by atoms with Crippen LogP contribution in [0.15, 0.2) is 59.5 Å². The minimum Gasteiger partial charge on any atom is -0.450 e. The first-order chi connectivity index (χ1) is 16.9. The quantitative estimate of drug-likeness (QED) is 0.585. The highest BCUT2D eigenvalue weighted by Gasteiger charge is 2.30. The molecule has 2 aliphatic rings. The highest BCUT2D eigenvalue weighted by molar-refractivity contribution is 7.89. The van der Waals surface area contributed by atoms with Crippen molar-refractivity contribution in [2.75, 3.05) is 38.1 Å². The van der Waals surface area contributed by atoms with Crippen LogP contribution in [0, 0.1) is 0 Å². The lowest BCUT2D eigenvalue weighted by Crippen LogP contribution is -2.50. The van der Waals surface area contributed by atoms with E-state index in [1.54, 1.807) is 6.92 Å².